The van der Waals surface area contributed by atoms with E-state index >= 15 is 0 Å². The second kappa shape index (κ2) is 3.32. The van der Waals surface area contributed by atoms with Gasteiger partial charge in [0.25, 0.3) is 0 Å². The van der Waals surface area contributed by atoms with E-state index in [2.05, 4.69) is 4.98 Å². The fraction of sp³-hybridized carbons (Fsp3) is 0.250. The third-order valence-corrected chi connectivity index (χ3v) is 3.24. The van der Waals surface area contributed by atoms with Crippen LogP contribution in [0, 0.1) is 5.82 Å². The molecule has 0 spiro atoms. The minimum absolute atomic E-state index is 0.208. The summed E-state index contributed by atoms with van der Waals surface area (Å²) in [5.74, 6) is -0.0468. The van der Waals surface area contributed by atoms with Gasteiger partial charge in [0.2, 0.25) is 0 Å². The zero-order valence-corrected chi connectivity index (χ0v) is 9.14. The standard InChI is InChI=1S/C12H9ClFNO/c13-7-3-4-8(14)12-11(7)10(16)5-9(15-12)6-1-2-6/h3-6H,1-2H2,(H,15,16). The molecule has 0 bridgehead atoms. The van der Waals surface area contributed by atoms with E-state index < -0.39 is 5.82 Å². The van der Waals surface area contributed by atoms with Gasteiger partial charge in [0.05, 0.1) is 15.9 Å². The highest BCUT2D eigenvalue weighted by atomic mass is 35.5. The minimum atomic E-state index is -0.431. The van der Waals surface area contributed by atoms with E-state index in [9.17, 15) is 9.18 Å². The molecule has 1 aliphatic carbocycles. The molecule has 0 aliphatic heterocycles. The number of hydrogen-bond donors (Lipinski definition) is 1. The first-order valence-corrected chi connectivity index (χ1v) is 5.55. The number of hydrogen-bond acceptors (Lipinski definition) is 1. The summed E-state index contributed by atoms with van der Waals surface area (Å²) < 4.78 is 13.6. The van der Waals surface area contributed by atoms with Crippen LogP contribution in [0.2, 0.25) is 5.02 Å². The molecule has 16 heavy (non-hydrogen) atoms. The van der Waals surface area contributed by atoms with Crippen LogP contribution in [0.15, 0.2) is 23.0 Å². The van der Waals surface area contributed by atoms with Crippen LogP contribution in [0.3, 0.4) is 0 Å². The minimum Gasteiger partial charge on any atom is -0.356 e. The van der Waals surface area contributed by atoms with E-state index in [1.165, 1.54) is 18.2 Å². The zero-order valence-electron chi connectivity index (χ0n) is 8.39. The highest BCUT2D eigenvalue weighted by Crippen LogP contribution is 2.39. The first-order valence-electron chi connectivity index (χ1n) is 5.18. The van der Waals surface area contributed by atoms with Gasteiger partial charge < -0.3 is 4.98 Å². The van der Waals surface area contributed by atoms with Gasteiger partial charge in [-0.25, -0.2) is 4.39 Å². The van der Waals surface area contributed by atoms with Crippen molar-refractivity contribution >= 4 is 22.5 Å². The molecule has 1 aliphatic rings. The van der Waals surface area contributed by atoms with E-state index in [4.69, 9.17) is 11.6 Å². The summed E-state index contributed by atoms with van der Waals surface area (Å²) in [6.45, 7) is 0. The Balaban J connectivity index is 2.41. The largest absolute Gasteiger partial charge is 0.356 e. The normalized spacial score (nSPS) is 15.6. The van der Waals surface area contributed by atoms with Crippen molar-refractivity contribution in [1.82, 2.24) is 4.98 Å². The van der Waals surface area contributed by atoms with E-state index in [0.29, 0.717) is 10.9 Å². The first kappa shape index (κ1) is 9.85. The van der Waals surface area contributed by atoms with Gasteiger partial charge in [-0.3, -0.25) is 4.79 Å². The third-order valence-electron chi connectivity index (χ3n) is 2.92. The molecule has 3 rings (SSSR count). The van der Waals surface area contributed by atoms with Gasteiger partial charge in [-0.05, 0) is 30.9 Å². The molecule has 1 aromatic heterocycles. The maximum absolute atomic E-state index is 13.6. The maximum atomic E-state index is 13.6. The number of aromatic nitrogens is 1. The summed E-state index contributed by atoms with van der Waals surface area (Å²) >= 11 is 5.90. The van der Waals surface area contributed by atoms with Crippen molar-refractivity contribution in [2.45, 2.75) is 18.8 Å². The van der Waals surface area contributed by atoms with Gasteiger partial charge >= 0.3 is 0 Å². The second-order valence-corrected chi connectivity index (χ2v) is 4.55. The fourth-order valence-electron chi connectivity index (χ4n) is 1.92. The van der Waals surface area contributed by atoms with Gasteiger partial charge in [-0.2, -0.15) is 0 Å². The summed E-state index contributed by atoms with van der Waals surface area (Å²) in [6.07, 6.45) is 2.12. The Morgan fingerprint density at radius 2 is 2.12 bits per heavy atom. The van der Waals surface area contributed by atoms with Crippen molar-refractivity contribution in [3.63, 3.8) is 0 Å². The van der Waals surface area contributed by atoms with Crippen LogP contribution in [0.1, 0.15) is 24.5 Å². The Morgan fingerprint density at radius 3 is 2.81 bits per heavy atom. The Kier molecular flexibility index (Phi) is 2.04. The lowest BCUT2D eigenvalue weighted by atomic mass is 10.1. The lowest BCUT2D eigenvalue weighted by Crippen LogP contribution is -2.06. The van der Waals surface area contributed by atoms with E-state index in [0.717, 1.165) is 18.5 Å². The molecule has 1 heterocycles. The van der Waals surface area contributed by atoms with Crippen molar-refractivity contribution in [1.29, 1.82) is 0 Å². The monoisotopic (exact) mass is 237 g/mol. The summed E-state index contributed by atoms with van der Waals surface area (Å²) in [4.78, 5) is 14.8. The molecule has 0 unspecified atom stereocenters. The summed E-state index contributed by atoms with van der Waals surface area (Å²) in [6, 6.07) is 4.22. The van der Waals surface area contributed by atoms with Crippen LogP contribution in [0.25, 0.3) is 10.9 Å². The predicted octanol–water partition coefficient (Wildman–Crippen LogP) is 3.20. The average molecular weight is 238 g/mol. The Bertz CT molecular complexity index is 631. The first-order chi connectivity index (χ1) is 7.66. The molecule has 82 valence electrons. The molecule has 2 nitrogen and oxygen atoms in total. The number of halogens is 2. The van der Waals surface area contributed by atoms with Crippen molar-refractivity contribution in [2.24, 2.45) is 0 Å². The molecular weight excluding hydrogens is 229 g/mol. The third kappa shape index (κ3) is 1.43. The number of fused-ring (bicyclic) bond motifs is 1. The smallest absolute Gasteiger partial charge is 0.191 e. The molecule has 0 radical (unpaired) electrons. The number of H-pyrrole nitrogens is 1. The quantitative estimate of drug-likeness (QED) is 0.812. The lowest BCUT2D eigenvalue weighted by molar-refractivity contribution is 0.636. The number of rotatable bonds is 1. The Hall–Kier alpha value is -1.35. The number of pyridine rings is 1. The predicted molar refractivity (Wildman–Crippen MR) is 61.5 cm³/mol. The van der Waals surface area contributed by atoms with Crippen LogP contribution in [0.4, 0.5) is 4.39 Å². The van der Waals surface area contributed by atoms with E-state index in [1.54, 1.807) is 0 Å². The van der Waals surface area contributed by atoms with Crippen LogP contribution in [-0.4, -0.2) is 4.98 Å². The van der Waals surface area contributed by atoms with Crippen LogP contribution >= 0.6 is 11.6 Å². The molecule has 0 saturated heterocycles. The molecule has 1 fully saturated rings. The van der Waals surface area contributed by atoms with Gasteiger partial charge in [0.15, 0.2) is 5.43 Å². The zero-order chi connectivity index (χ0) is 11.3. The highest BCUT2D eigenvalue weighted by Gasteiger charge is 2.25. The summed E-state index contributed by atoms with van der Waals surface area (Å²) in [5.41, 5.74) is 0.834. The van der Waals surface area contributed by atoms with Crippen molar-refractivity contribution < 1.29 is 4.39 Å². The van der Waals surface area contributed by atoms with Gasteiger partial charge in [0.1, 0.15) is 5.82 Å². The lowest BCUT2D eigenvalue weighted by Gasteiger charge is -2.05. The van der Waals surface area contributed by atoms with E-state index in [-0.39, 0.29) is 16.3 Å². The maximum Gasteiger partial charge on any atom is 0.191 e. The average Bonchev–Trinajstić information content (AvgIpc) is 3.06. The molecular formula is C12H9ClFNO. The molecule has 1 saturated carbocycles. The molecule has 0 amide bonds. The van der Waals surface area contributed by atoms with Crippen LogP contribution in [-0.2, 0) is 0 Å². The van der Waals surface area contributed by atoms with E-state index in [1.807, 2.05) is 0 Å². The molecule has 4 heteroatoms. The second-order valence-electron chi connectivity index (χ2n) is 4.14. The number of aromatic amines is 1. The Morgan fingerprint density at radius 1 is 1.38 bits per heavy atom. The molecule has 0 atom stereocenters. The van der Waals surface area contributed by atoms with Crippen LogP contribution in [0.5, 0.6) is 0 Å². The SMILES string of the molecule is O=c1cc(C2CC2)[nH]c2c(F)ccc(Cl)c12. The topological polar surface area (TPSA) is 32.9 Å². The Labute approximate surface area is 96.1 Å². The molecule has 1 aromatic carbocycles. The van der Waals surface area contributed by atoms with Crippen molar-refractivity contribution in [2.75, 3.05) is 0 Å². The number of nitrogens with one attached hydrogen (secondary N) is 1. The van der Waals surface area contributed by atoms with Crippen molar-refractivity contribution in [3.8, 4) is 0 Å². The molecule has 2 aromatic rings. The van der Waals surface area contributed by atoms with Crippen LogP contribution < -0.4 is 5.43 Å². The summed E-state index contributed by atoms with van der Waals surface area (Å²) in [5, 5.41) is 0.533. The van der Waals surface area contributed by atoms with Gasteiger partial charge in [-0.15, -0.1) is 0 Å². The molecule has 1 N–H and O–H groups in total. The number of benzene rings is 1. The van der Waals surface area contributed by atoms with Gasteiger partial charge in [-0.1, -0.05) is 11.6 Å². The highest BCUT2D eigenvalue weighted by molar-refractivity contribution is 6.35. The summed E-state index contributed by atoms with van der Waals surface area (Å²) in [7, 11) is 0. The van der Waals surface area contributed by atoms with Gasteiger partial charge in [0, 0.05) is 11.8 Å². The fourth-order valence-corrected chi connectivity index (χ4v) is 2.17. The van der Waals surface area contributed by atoms with Crippen molar-refractivity contribution in [3.05, 3.63) is 45.0 Å².